The summed E-state index contributed by atoms with van der Waals surface area (Å²) in [6, 6.07) is 17.2. The third-order valence-corrected chi connectivity index (χ3v) is 6.68. The Kier molecular flexibility index (Phi) is 9.23. The molecule has 1 aliphatic rings. The summed E-state index contributed by atoms with van der Waals surface area (Å²) < 4.78 is 86.4. The van der Waals surface area contributed by atoms with Gasteiger partial charge in [-0.1, -0.05) is 30.3 Å². The zero-order valence-electron chi connectivity index (χ0n) is 20.8. The molecule has 3 aromatic rings. The van der Waals surface area contributed by atoms with Crippen LogP contribution >= 0.6 is 12.4 Å². The summed E-state index contributed by atoms with van der Waals surface area (Å²) in [7, 11) is 0. The van der Waals surface area contributed by atoms with Crippen LogP contribution in [0.2, 0.25) is 0 Å². The third kappa shape index (κ3) is 7.24. The number of carbonyl (C=O) groups excluding carboxylic acids is 1. The van der Waals surface area contributed by atoms with Crippen molar-refractivity contribution in [1.82, 2.24) is 4.90 Å². The monoisotopic (exact) mass is 572 g/mol. The molecule has 11 heteroatoms. The fourth-order valence-electron chi connectivity index (χ4n) is 4.66. The van der Waals surface area contributed by atoms with Crippen molar-refractivity contribution in [2.45, 2.75) is 43.8 Å². The van der Waals surface area contributed by atoms with E-state index in [4.69, 9.17) is 10.5 Å². The molecule has 1 amide bonds. The molecule has 1 fully saturated rings. The molecule has 4 rings (SSSR count). The Bertz CT molecular complexity index is 1230. The minimum absolute atomic E-state index is 0. The SMILES string of the molecule is C[C@@H](O[C@H]1CCN(C(=O)c2ccc(N)cc2)C[C@H]1c1ccccc1)c1cc(C(F)(F)F)cc(C(F)(F)F)c1.Cl. The summed E-state index contributed by atoms with van der Waals surface area (Å²) in [5.74, 6) is -0.553. The number of nitrogens with two attached hydrogens (primary N) is 1. The maximum Gasteiger partial charge on any atom is 0.416 e. The first kappa shape index (κ1) is 30.3. The number of nitrogens with zero attached hydrogens (tertiary/aromatic N) is 1. The van der Waals surface area contributed by atoms with Crippen molar-refractivity contribution < 1.29 is 35.9 Å². The molecule has 3 aromatic carbocycles. The lowest BCUT2D eigenvalue weighted by molar-refractivity contribution is -0.143. The van der Waals surface area contributed by atoms with E-state index in [0.29, 0.717) is 36.3 Å². The van der Waals surface area contributed by atoms with Crippen LogP contribution in [0.3, 0.4) is 0 Å². The molecule has 4 nitrogen and oxygen atoms in total. The van der Waals surface area contributed by atoms with E-state index >= 15 is 0 Å². The molecule has 0 aromatic heterocycles. The molecule has 0 saturated carbocycles. The van der Waals surface area contributed by atoms with Gasteiger partial charge < -0.3 is 15.4 Å². The molecule has 0 radical (unpaired) electrons. The predicted molar refractivity (Wildman–Crippen MR) is 138 cm³/mol. The first-order valence-electron chi connectivity index (χ1n) is 12.0. The summed E-state index contributed by atoms with van der Waals surface area (Å²) in [6.07, 6.45) is -11.2. The summed E-state index contributed by atoms with van der Waals surface area (Å²) in [6.45, 7) is 2.00. The number of carbonyl (C=O) groups is 1. The second-order valence-electron chi connectivity index (χ2n) is 9.34. The van der Waals surface area contributed by atoms with Crippen molar-refractivity contribution in [2.75, 3.05) is 18.8 Å². The van der Waals surface area contributed by atoms with E-state index in [0.717, 1.165) is 5.56 Å². The largest absolute Gasteiger partial charge is 0.416 e. The number of amides is 1. The Labute approximate surface area is 228 Å². The molecule has 1 saturated heterocycles. The first-order chi connectivity index (χ1) is 17.8. The fraction of sp³-hybridized carbons (Fsp3) is 0.321. The molecule has 0 aliphatic carbocycles. The van der Waals surface area contributed by atoms with Crippen molar-refractivity contribution >= 4 is 24.0 Å². The van der Waals surface area contributed by atoms with Crippen LogP contribution in [0.15, 0.2) is 72.8 Å². The molecule has 2 N–H and O–H groups in total. The van der Waals surface area contributed by atoms with Gasteiger partial charge in [-0.15, -0.1) is 12.4 Å². The Morgan fingerprint density at radius 3 is 2.03 bits per heavy atom. The van der Waals surface area contributed by atoms with Crippen molar-refractivity contribution in [3.63, 3.8) is 0 Å². The molecular weight excluding hydrogens is 546 g/mol. The van der Waals surface area contributed by atoms with Crippen LogP contribution in [0.4, 0.5) is 32.0 Å². The van der Waals surface area contributed by atoms with Crippen LogP contribution in [0.5, 0.6) is 0 Å². The van der Waals surface area contributed by atoms with Crippen molar-refractivity contribution in [2.24, 2.45) is 0 Å². The molecule has 0 bridgehead atoms. The van der Waals surface area contributed by atoms with Crippen LogP contribution in [0.25, 0.3) is 0 Å². The number of halogens is 7. The topological polar surface area (TPSA) is 55.6 Å². The molecule has 0 spiro atoms. The zero-order chi connectivity index (χ0) is 27.7. The lowest BCUT2D eigenvalue weighted by Crippen LogP contribution is -2.46. The number of hydrogen-bond acceptors (Lipinski definition) is 3. The molecule has 3 atom stereocenters. The number of likely N-dealkylation sites (tertiary alicyclic amines) is 1. The Morgan fingerprint density at radius 2 is 1.49 bits per heavy atom. The van der Waals surface area contributed by atoms with Crippen molar-refractivity contribution in [3.8, 4) is 0 Å². The smallest absolute Gasteiger partial charge is 0.399 e. The van der Waals surface area contributed by atoms with Crippen LogP contribution in [-0.2, 0) is 17.1 Å². The van der Waals surface area contributed by atoms with Gasteiger partial charge in [0.1, 0.15) is 0 Å². The van der Waals surface area contributed by atoms with Gasteiger partial charge in [0.15, 0.2) is 0 Å². The average Bonchev–Trinajstić information content (AvgIpc) is 2.88. The molecule has 1 aliphatic heterocycles. The average molecular weight is 573 g/mol. The maximum absolute atomic E-state index is 13.4. The highest BCUT2D eigenvalue weighted by molar-refractivity contribution is 5.94. The summed E-state index contributed by atoms with van der Waals surface area (Å²) in [4.78, 5) is 14.8. The summed E-state index contributed by atoms with van der Waals surface area (Å²) in [5, 5.41) is 0. The van der Waals surface area contributed by atoms with E-state index in [2.05, 4.69) is 0 Å². The minimum Gasteiger partial charge on any atom is -0.399 e. The second kappa shape index (κ2) is 11.9. The quantitative estimate of drug-likeness (QED) is 0.254. The van der Waals surface area contributed by atoms with Crippen LogP contribution in [-0.4, -0.2) is 30.0 Å². The molecule has 1 heterocycles. The van der Waals surface area contributed by atoms with Crippen LogP contribution in [0, 0.1) is 0 Å². The number of piperidine rings is 1. The zero-order valence-corrected chi connectivity index (χ0v) is 21.6. The Hall–Kier alpha value is -3.24. The normalized spacial score (nSPS) is 18.8. The van der Waals surface area contributed by atoms with Gasteiger partial charge in [-0.25, -0.2) is 0 Å². The fourth-order valence-corrected chi connectivity index (χ4v) is 4.66. The highest BCUT2D eigenvalue weighted by atomic mass is 35.5. The van der Waals surface area contributed by atoms with Gasteiger partial charge in [0.05, 0.1) is 23.3 Å². The third-order valence-electron chi connectivity index (χ3n) is 6.68. The van der Waals surface area contributed by atoms with Gasteiger partial charge in [0.2, 0.25) is 0 Å². The number of hydrogen-bond donors (Lipinski definition) is 1. The van der Waals surface area contributed by atoms with E-state index in [-0.39, 0.29) is 42.4 Å². The second-order valence-corrected chi connectivity index (χ2v) is 9.34. The van der Waals surface area contributed by atoms with Gasteiger partial charge in [-0.05, 0) is 66.9 Å². The van der Waals surface area contributed by atoms with Crippen molar-refractivity contribution in [1.29, 1.82) is 0 Å². The first-order valence-corrected chi connectivity index (χ1v) is 12.0. The standard InChI is InChI=1S/C28H26F6N2O2.ClH/c1-17(20-13-21(27(29,30)31)15-22(14-20)28(32,33)34)38-25-11-12-36(16-24(25)18-5-3-2-4-6-18)26(37)19-7-9-23(35)10-8-19;/h2-10,13-15,17,24-25H,11-12,16,35H2,1H3;1H/t17-,24+,25+;/m1./s1. The van der Waals surface area contributed by atoms with Crippen LogP contribution in [0.1, 0.15) is 58.0 Å². The van der Waals surface area contributed by atoms with Gasteiger partial charge in [0.25, 0.3) is 5.91 Å². The molecule has 210 valence electrons. The van der Waals surface area contributed by atoms with Gasteiger partial charge in [-0.3, -0.25) is 4.79 Å². The van der Waals surface area contributed by atoms with Crippen LogP contribution < -0.4 is 5.73 Å². The van der Waals surface area contributed by atoms with E-state index in [1.165, 1.54) is 6.92 Å². The minimum atomic E-state index is -4.95. The van der Waals surface area contributed by atoms with E-state index in [1.807, 2.05) is 30.3 Å². The van der Waals surface area contributed by atoms with E-state index in [9.17, 15) is 31.1 Å². The number of benzene rings is 3. The summed E-state index contributed by atoms with van der Waals surface area (Å²) in [5.41, 5.74) is 4.55. The highest BCUT2D eigenvalue weighted by Gasteiger charge is 2.39. The van der Waals surface area contributed by atoms with Crippen molar-refractivity contribution in [3.05, 3.63) is 101 Å². The van der Waals surface area contributed by atoms with Gasteiger partial charge in [-0.2, -0.15) is 26.3 Å². The number of anilines is 1. The van der Waals surface area contributed by atoms with Gasteiger partial charge in [0, 0.05) is 30.3 Å². The lowest BCUT2D eigenvalue weighted by atomic mass is 9.87. The Balaban J connectivity index is 0.00000420. The molecule has 0 unspecified atom stereocenters. The molecule has 39 heavy (non-hydrogen) atoms. The summed E-state index contributed by atoms with van der Waals surface area (Å²) >= 11 is 0. The lowest BCUT2D eigenvalue weighted by Gasteiger charge is -2.40. The predicted octanol–water partition coefficient (Wildman–Crippen LogP) is 7.50. The highest BCUT2D eigenvalue weighted by Crippen LogP contribution is 2.39. The number of alkyl halides is 6. The molecular formula is C28H27ClF6N2O2. The maximum atomic E-state index is 13.4. The Morgan fingerprint density at radius 1 is 0.923 bits per heavy atom. The van der Waals surface area contributed by atoms with E-state index in [1.54, 1.807) is 29.2 Å². The number of nitrogen functional groups attached to an aromatic ring is 1. The van der Waals surface area contributed by atoms with E-state index < -0.39 is 35.7 Å². The number of ether oxygens (including phenoxy) is 1. The number of rotatable bonds is 5. The van der Waals surface area contributed by atoms with Gasteiger partial charge >= 0.3 is 12.4 Å².